The van der Waals surface area contributed by atoms with Crippen LogP contribution in [0, 0.1) is 6.92 Å². The Morgan fingerprint density at radius 3 is 2.43 bits per heavy atom. The molecule has 0 fully saturated rings. The average Bonchev–Trinajstić information content (AvgIpc) is 2.33. The standard InChI is InChI=1S/C12H14F3NO4S/c1-7-3-4-8(21(2,19)20)5-9(7)11(18)16-6-10(17)12(13,14)15/h3-5,10,17H,6H2,1-2H3,(H,16,18). The van der Waals surface area contributed by atoms with Crippen molar-refractivity contribution in [2.45, 2.75) is 24.1 Å². The van der Waals surface area contributed by atoms with Crippen molar-refractivity contribution >= 4 is 15.7 Å². The van der Waals surface area contributed by atoms with Gasteiger partial charge in [-0.1, -0.05) is 6.07 Å². The number of aliphatic hydroxyl groups excluding tert-OH is 1. The third kappa shape index (κ3) is 4.71. The van der Waals surface area contributed by atoms with E-state index in [0.29, 0.717) is 5.56 Å². The number of amides is 1. The summed E-state index contributed by atoms with van der Waals surface area (Å²) < 4.78 is 59.2. The highest BCUT2D eigenvalue weighted by atomic mass is 32.2. The molecule has 0 spiro atoms. The molecule has 0 heterocycles. The number of carbonyl (C=O) groups excluding carboxylic acids is 1. The Hall–Kier alpha value is -1.61. The van der Waals surface area contributed by atoms with E-state index in [0.717, 1.165) is 12.3 Å². The summed E-state index contributed by atoms with van der Waals surface area (Å²) in [4.78, 5) is 11.7. The Morgan fingerprint density at radius 1 is 1.38 bits per heavy atom. The summed E-state index contributed by atoms with van der Waals surface area (Å²) in [5, 5.41) is 10.7. The molecule has 1 rings (SSSR count). The molecule has 1 amide bonds. The van der Waals surface area contributed by atoms with Crippen molar-refractivity contribution in [1.82, 2.24) is 5.32 Å². The summed E-state index contributed by atoms with van der Waals surface area (Å²) >= 11 is 0. The van der Waals surface area contributed by atoms with Crippen LogP contribution in [0.25, 0.3) is 0 Å². The lowest BCUT2D eigenvalue weighted by Gasteiger charge is -2.15. The number of aryl methyl sites for hydroxylation is 1. The number of alkyl halides is 3. The first kappa shape index (κ1) is 17.4. The summed E-state index contributed by atoms with van der Waals surface area (Å²) in [6.45, 7) is 0.506. The van der Waals surface area contributed by atoms with Gasteiger partial charge < -0.3 is 10.4 Å². The SMILES string of the molecule is Cc1ccc(S(C)(=O)=O)cc1C(=O)NCC(O)C(F)(F)F. The van der Waals surface area contributed by atoms with E-state index in [1.54, 1.807) is 0 Å². The predicted octanol–water partition coefficient (Wildman–Crippen LogP) is 1.05. The van der Waals surface area contributed by atoms with Crippen LogP contribution in [0.15, 0.2) is 23.1 Å². The van der Waals surface area contributed by atoms with Gasteiger partial charge >= 0.3 is 6.18 Å². The highest BCUT2D eigenvalue weighted by Gasteiger charge is 2.38. The largest absolute Gasteiger partial charge is 0.416 e. The van der Waals surface area contributed by atoms with Gasteiger partial charge in [0, 0.05) is 11.8 Å². The van der Waals surface area contributed by atoms with Gasteiger partial charge in [0.1, 0.15) is 0 Å². The second kappa shape index (κ2) is 6.02. The van der Waals surface area contributed by atoms with E-state index >= 15 is 0 Å². The van der Waals surface area contributed by atoms with Gasteiger partial charge in [0.05, 0.1) is 11.4 Å². The lowest BCUT2D eigenvalue weighted by molar-refractivity contribution is -0.201. The van der Waals surface area contributed by atoms with E-state index < -0.39 is 34.6 Å². The van der Waals surface area contributed by atoms with Crippen LogP contribution in [-0.4, -0.2) is 44.5 Å². The molecule has 1 aromatic rings. The summed E-state index contributed by atoms with van der Waals surface area (Å²) in [5.41, 5.74) is 0.341. The van der Waals surface area contributed by atoms with Crippen LogP contribution in [0.4, 0.5) is 13.2 Å². The molecular formula is C12H14F3NO4S. The van der Waals surface area contributed by atoms with E-state index in [9.17, 15) is 26.4 Å². The van der Waals surface area contributed by atoms with Crippen LogP contribution in [0.5, 0.6) is 0 Å². The molecule has 0 bridgehead atoms. The van der Waals surface area contributed by atoms with Crippen molar-refractivity contribution in [3.63, 3.8) is 0 Å². The molecule has 1 atom stereocenters. The first-order valence-electron chi connectivity index (χ1n) is 5.76. The molecular weight excluding hydrogens is 311 g/mol. The third-order valence-corrected chi connectivity index (χ3v) is 3.83. The maximum absolute atomic E-state index is 12.1. The lowest BCUT2D eigenvalue weighted by Crippen LogP contribution is -2.40. The Kier molecular flexibility index (Phi) is 5.00. The summed E-state index contributed by atoms with van der Waals surface area (Å²) in [5.74, 6) is -0.888. The van der Waals surface area contributed by atoms with Crippen molar-refractivity contribution < 1.29 is 31.5 Å². The van der Waals surface area contributed by atoms with Gasteiger partial charge in [0.15, 0.2) is 15.9 Å². The first-order chi connectivity index (χ1) is 9.43. The van der Waals surface area contributed by atoms with Crippen molar-refractivity contribution in [3.05, 3.63) is 29.3 Å². The van der Waals surface area contributed by atoms with Gasteiger partial charge in [0.25, 0.3) is 5.91 Å². The average molecular weight is 325 g/mol. The number of aliphatic hydroxyl groups is 1. The monoisotopic (exact) mass is 325 g/mol. The van der Waals surface area contributed by atoms with E-state index in [4.69, 9.17) is 5.11 Å². The topological polar surface area (TPSA) is 83.5 Å². The second-order valence-corrected chi connectivity index (χ2v) is 6.53. The molecule has 1 unspecified atom stereocenters. The molecule has 0 aliphatic heterocycles. The van der Waals surface area contributed by atoms with Gasteiger partial charge in [-0.25, -0.2) is 8.42 Å². The molecule has 0 radical (unpaired) electrons. The number of nitrogens with one attached hydrogen (secondary N) is 1. The molecule has 2 N–H and O–H groups in total. The zero-order valence-electron chi connectivity index (χ0n) is 11.2. The number of sulfone groups is 1. The quantitative estimate of drug-likeness (QED) is 0.867. The van der Waals surface area contributed by atoms with Gasteiger partial charge in [-0.15, -0.1) is 0 Å². The number of hydrogen-bond acceptors (Lipinski definition) is 4. The van der Waals surface area contributed by atoms with Gasteiger partial charge in [-0.05, 0) is 24.6 Å². The number of benzene rings is 1. The van der Waals surface area contributed by atoms with Crippen LogP contribution in [0.2, 0.25) is 0 Å². The number of hydrogen-bond donors (Lipinski definition) is 2. The Morgan fingerprint density at radius 2 is 1.95 bits per heavy atom. The summed E-state index contributed by atoms with van der Waals surface area (Å²) in [6.07, 6.45) is -6.57. The second-order valence-electron chi connectivity index (χ2n) is 4.52. The Bertz CT molecular complexity index is 640. The minimum absolute atomic E-state index is 0.0627. The molecule has 0 aliphatic rings. The summed E-state index contributed by atoms with van der Waals surface area (Å²) in [6, 6.07) is 3.76. The van der Waals surface area contributed by atoms with E-state index in [-0.39, 0.29) is 10.5 Å². The highest BCUT2D eigenvalue weighted by molar-refractivity contribution is 7.90. The van der Waals surface area contributed by atoms with Crippen LogP contribution >= 0.6 is 0 Å². The fourth-order valence-electron chi connectivity index (χ4n) is 1.48. The zero-order valence-corrected chi connectivity index (χ0v) is 12.0. The van der Waals surface area contributed by atoms with Gasteiger partial charge in [-0.2, -0.15) is 13.2 Å². The smallest absolute Gasteiger partial charge is 0.382 e. The van der Waals surface area contributed by atoms with Gasteiger partial charge in [0.2, 0.25) is 0 Å². The molecule has 1 aromatic carbocycles. The Labute approximate surface area is 119 Å². The fourth-order valence-corrected chi connectivity index (χ4v) is 2.12. The van der Waals surface area contributed by atoms with Crippen molar-refractivity contribution in [2.75, 3.05) is 12.8 Å². The Balaban J connectivity index is 2.93. The first-order valence-corrected chi connectivity index (χ1v) is 7.65. The maximum Gasteiger partial charge on any atom is 0.416 e. The normalized spacial score (nSPS) is 13.8. The molecule has 0 saturated heterocycles. The lowest BCUT2D eigenvalue weighted by atomic mass is 10.1. The van der Waals surface area contributed by atoms with Crippen molar-refractivity contribution in [3.8, 4) is 0 Å². The van der Waals surface area contributed by atoms with Gasteiger partial charge in [-0.3, -0.25) is 4.79 Å². The third-order valence-electron chi connectivity index (χ3n) is 2.72. The molecule has 0 saturated carbocycles. The minimum atomic E-state index is -4.84. The molecule has 21 heavy (non-hydrogen) atoms. The van der Waals surface area contributed by atoms with E-state index in [1.807, 2.05) is 5.32 Å². The molecule has 118 valence electrons. The number of rotatable bonds is 4. The van der Waals surface area contributed by atoms with Crippen molar-refractivity contribution in [2.24, 2.45) is 0 Å². The van der Waals surface area contributed by atoms with Crippen LogP contribution in [0.3, 0.4) is 0 Å². The number of halogens is 3. The van der Waals surface area contributed by atoms with E-state index in [1.165, 1.54) is 19.1 Å². The zero-order chi connectivity index (χ0) is 16.4. The van der Waals surface area contributed by atoms with E-state index in [2.05, 4.69) is 0 Å². The molecule has 0 aromatic heterocycles. The van der Waals surface area contributed by atoms with Crippen LogP contribution in [-0.2, 0) is 9.84 Å². The van der Waals surface area contributed by atoms with Crippen molar-refractivity contribution in [1.29, 1.82) is 0 Å². The maximum atomic E-state index is 12.1. The number of carbonyl (C=O) groups is 1. The van der Waals surface area contributed by atoms with Crippen LogP contribution < -0.4 is 5.32 Å². The minimum Gasteiger partial charge on any atom is -0.382 e. The van der Waals surface area contributed by atoms with Crippen LogP contribution in [0.1, 0.15) is 15.9 Å². The highest BCUT2D eigenvalue weighted by Crippen LogP contribution is 2.20. The molecule has 5 nitrogen and oxygen atoms in total. The molecule has 0 aliphatic carbocycles. The predicted molar refractivity (Wildman–Crippen MR) is 68.7 cm³/mol. The summed E-state index contributed by atoms with van der Waals surface area (Å²) in [7, 11) is -3.54. The molecule has 9 heteroatoms. The fraction of sp³-hybridized carbons (Fsp3) is 0.417.